The van der Waals surface area contributed by atoms with Gasteiger partial charge in [0.2, 0.25) is 0 Å². The van der Waals surface area contributed by atoms with Gasteiger partial charge in [-0.25, -0.2) is 0 Å². The number of rotatable bonds is 9. The van der Waals surface area contributed by atoms with Gasteiger partial charge in [0.25, 0.3) is 0 Å². The maximum atomic E-state index is 9.73. The van der Waals surface area contributed by atoms with Gasteiger partial charge in [-0.15, -0.1) is 0 Å². The summed E-state index contributed by atoms with van der Waals surface area (Å²) in [7, 11) is 0. The number of hydrogen-bond donors (Lipinski definition) is 2. The summed E-state index contributed by atoms with van der Waals surface area (Å²) in [5, 5.41) is 13.2. The van der Waals surface area contributed by atoms with Crippen LogP contribution in [0.15, 0.2) is 0 Å². The summed E-state index contributed by atoms with van der Waals surface area (Å²) in [4.78, 5) is 0. The molecule has 0 saturated heterocycles. The minimum Gasteiger partial charge on any atom is -0.394 e. The Labute approximate surface area is 124 Å². The Morgan fingerprint density at radius 1 is 1.25 bits per heavy atom. The first-order valence-electron chi connectivity index (χ1n) is 8.01. The predicted octanol–water partition coefficient (Wildman–Crippen LogP) is 2.35. The molecule has 1 rings (SSSR count). The molecule has 0 radical (unpaired) electrons. The molecular formula is C16H33NO3. The van der Waals surface area contributed by atoms with Gasteiger partial charge in [-0.3, -0.25) is 0 Å². The third-order valence-electron chi connectivity index (χ3n) is 4.14. The highest BCUT2D eigenvalue weighted by molar-refractivity contribution is 4.98. The normalized spacial score (nSPS) is 27.1. The lowest BCUT2D eigenvalue weighted by atomic mass is 9.85. The summed E-state index contributed by atoms with van der Waals surface area (Å²) < 4.78 is 11.3. The molecule has 4 heteroatoms. The smallest absolute Gasteiger partial charge is 0.0707 e. The maximum absolute atomic E-state index is 9.73. The van der Waals surface area contributed by atoms with E-state index < -0.39 is 0 Å². The van der Waals surface area contributed by atoms with Crippen LogP contribution in [0.2, 0.25) is 0 Å². The zero-order valence-electron chi connectivity index (χ0n) is 13.7. The number of aliphatic hydroxyl groups excluding tert-OH is 1. The highest BCUT2D eigenvalue weighted by Gasteiger charge is 2.41. The summed E-state index contributed by atoms with van der Waals surface area (Å²) >= 11 is 0. The molecule has 0 aromatic carbocycles. The predicted molar refractivity (Wildman–Crippen MR) is 82.0 cm³/mol. The standard InChI is InChI=1S/C16H33NO3/c1-5-17-16(13-18)9-6-7-14(16)8-10-19-11-12-20-15(2,3)4/h14,17-18H,5-13H2,1-4H3. The van der Waals surface area contributed by atoms with Crippen molar-refractivity contribution in [3.05, 3.63) is 0 Å². The van der Waals surface area contributed by atoms with Gasteiger partial charge in [0.1, 0.15) is 0 Å². The van der Waals surface area contributed by atoms with Gasteiger partial charge < -0.3 is 19.9 Å². The topological polar surface area (TPSA) is 50.7 Å². The van der Waals surface area contributed by atoms with Gasteiger partial charge in [-0.2, -0.15) is 0 Å². The van der Waals surface area contributed by atoms with Crippen molar-refractivity contribution < 1.29 is 14.6 Å². The van der Waals surface area contributed by atoms with Crippen molar-refractivity contribution in [2.24, 2.45) is 5.92 Å². The molecule has 1 fully saturated rings. The van der Waals surface area contributed by atoms with E-state index in [1.165, 1.54) is 12.8 Å². The molecule has 0 aromatic rings. The first kappa shape index (κ1) is 17.9. The molecule has 2 N–H and O–H groups in total. The molecule has 0 bridgehead atoms. The van der Waals surface area contributed by atoms with Gasteiger partial charge in [0.15, 0.2) is 0 Å². The second kappa shape index (κ2) is 8.32. The fourth-order valence-corrected chi connectivity index (χ4v) is 3.15. The molecule has 0 heterocycles. The molecule has 0 aliphatic heterocycles. The van der Waals surface area contributed by atoms with Crippen LogP contribution in [-0.2, 0) is 9.47 Å². The molecule has 0 amide bonds. The number of nitrogens with one attached hydrogen (secondary N) is 1. The fraction of sp³-hybridized carbons (Fsp3) is 1.00. The average Bonchev–Trinajstić information content (AvgIpc) is 2.76. The van der Waals surface area contributed by atoms with Crippen LogP contribution >= 0.6 is 0 Å². The van der Waals surface area contributed by atoms with Gasteiger partial charge in [0.05, 0.1) is 25.4 Å². The first-order chi connectivity index (χ1) is 9.43. The molecule has 120 valence electrons. The van der Waals surface area contributed by atoms with Gasteiger partial charge in [-0.05, 0) is 52.5 Å². The molecule has 4 nitrogen and oxygen atoms in total. The molecule has 2 unspecified atom stereocenters. The van der Waals surface area contributed by atoms with Gasteiger partial charge in [0, 0.05) is 12.1 Å². The summed E-state index contributed by atoms with van der Waals surface area (Å²) in [6.07, 6.45) is 4.49. The van der Waals surface area contributed by atoms with Crippen molar-refractivity contribution in [3.63, 3.8) is 0 Å². The van der Waals surface area contributed by atoms with Crippen molar-refractivity contribution in [2.75, 3.05) is 33.0 Å². The van der Waals surface area contributed by atoms with Crippen LogP contribution in [0.3, 0.4) is 0 Å². The molecule has 2 atom stereocenters. The summed E-state index contributed by atoms with van der Waals surface area (Å²) in [6, 6.07) is 0. The lowest BCUT2D eigenvalue weighted by molar-refractivity contribution is -0.0374. The third kappa shape index (κ3) is 5.68. The van der Waals surface area contributed by atoms with Crippen LogP contribution in [0, 0.1) is 5.92 Å². The SMILES string of the molecule is CCNC1(CO)CCCC1CCOCCOC(C)(C)C. The van der Waals surface area contributed by atoms with Crippen LogP contribution in [0.5, 0.6) is 0 Å². The van der Waals surface area contributed by atoms with E-state index in [0.29, 0.717) is 19.1 Å². The molecule has 20 heavy (non-hydrogen) atoms. The fourth-order valence-electron chi connectivity index (χ4n) is 3.15. The third-order valence-corrected chi connectivity index (χ3v) is 4.14. The van der Waals surface area contributed by atoms with Crippen LogP contribution in [0.25, 0.3) is 0 Å². The van der Waals surface area contributed by atoms with Crippen LogP contribution < -0.4 is 5.32 Å². The average molecular weight is 287 g/mol. The highest BCUT2D eigenvalue weighted by atomic mass is 16.5. The Kier molecular flexibility index (Phi) is 7.45. The van der Waals surface area contributed by atoms with Crippen molar-refractivity contribution in [3.8, 4) is 0 Å². The molecule has 0 aromatic heterocycles. The van der Waals surface area contributed by atoms with Crippen molar-refractivity contribution >= 4 is 0 Å². The Bertz CT molecular complexity index is 265. The summed E-state index contributed by atoms with van der Waals surface area (Å²) in [6.45, 7) is 11.5. The van der Waals surface area contributed by atoms with Crippen LogP contribution in [-0.4, -0.2) is 49.2 Å². The highest BCUT2D eigenvalue weighted by Crippen LogP contribution is 2.37. The first-order valence-corrected chi connectivity index (χ1v) is 8.01. The Morgan fingerprint density at radius 2 is 2.00 bits per heavy atom. The Morgan fingerprint density at radius 3 is 2.60 bits per heavy atom. The van der Waals surface area contributed by atoms with E-state index in [2.05, 4.69) is 33.0 Å². The quantitative estimate of drug-likeness (QED) is 0.639. The Hall–Kier alpha value is -0.160. The largest absolute Gasteiger partial charge is 0.394 e. The van der Waals surface area contributed by atoms with Crippen molar-refractivity contribution in [2.45, 2.75) is 64.5 Å². The minimum absolute atomic E-state index is 0.0694. The number of likely N-dealkylation sites (N-methyl/N-ethyl adjacent to an activating group) is 1. The van der Waals surface area contributed by atoms with Crippen LogP contribution in [0.1, 0.15) is 53.4 Å². The van der Waals surface area contributed by atoms with E-state index in [9.17, 15) is 5.11 Å². The monoisotopic (exact) mass is 287 g/mol. The second-order valence-corrected chi connectivity index (χ2v) is 6.80. The number of ether oxygens (including phenoxy) is 2. The van der Waals surface area contributed by atoms with E-state index in [1.54, 1.807) is 0 Å². The zero-order valence-corrected chi connectivity index (χ0v) is 13.7. The molecule has 1 aliphatic carbocycles. The summed E-state index contributed by atoms with van der Waals surface area (Å²) in [5.41, 5.74) is -0.161. The maximum Gasteiger partial charge on any atom is 0.0707 e. The van der Waals surface area contributed by atoms with E-state index in [-0.39, 0.29) is 17.7 Å². The lowest BCUT2D eigenvalue weighted by Crippen LogP contribution is -2.51. The molecule has 1 aliphatic rings. The number of hydrogen-bond acceptors (Lipinski definition) is 4. The van der Waals surface area contributed by atoms with Crippen molar-refractivity contribution in [1.29, 1.82) is 0 Å². The Balaban J connectivity index is 2.20. The van der Waals surface area contributed by atoms with Crippen LogP contribution in [0.4, 0.5) is 0 Å². The van der Waals surface area contributed by atoms with Gasteiger partial charge in [-0.1, -0.05) is 13.3 Å². The molecule has 1 saturated carbocycles. The molecule has 0 spiro atoms. The van der Waals surface area contributed by atoms with E-state index in [0.717, 1.165) is 26.0 Å². The van der Waals surface area contributed by atoms with Gasteiger partial charge >= 0.3 is 0 Å². The van der Waals surface area contributed by atoms with E-state index in [4.69, 9.17) is 9.47 Å². The number of aliphatic hydroxyl groups is 1. The minimum atomic E-state index is -0.0914. The van der Waals surface area contributed by atoms with Crippen molar-refractivity contribution in [1.82, 2.24) is 5.32 Å². The second-order valence-electron chi connectivity index (χ2n) is 6.80. The van der Waals surface area contributed by atoms with E-state index >= 15 is 0 Å². The summed E-state index contributed by atoms with van der Waals surface area (Å²) in [5.74, 6) is 0.524. The molecular weight excluding hydrogens is 254 g/mol. The van der Waals surface area contributed by atoms with E-state index in [1.807, 2.05) is 0 Å². The zero-order chi connectivity index (χ0) is 15.1. The lowest BCUT2D eigenvalue weighted by Gasteiger charge is -2.35.